The summed E-state index contributed by atoms with van der Waals surface area (Å²) in [5.41, 5.74) is 0.305. The summed E-state index contributed by atoms with van der Waals surface area (Å²) in [5, 5.41) is 30.3. The molecule has 0 aromatic heterocycles. The molecule has 1 rings (SSSR count). The Labute approximate surface area is 107 Å². The van der Waals surface area contributed by atoms with Gasteiger partial charge < -0.3 is 10.2 Å². The minimum Gasteiger partial charge on any atom is -0.480 e. The number of nitrogens with zero attached hydrogens (tertiary/aromatic N) is 1. The number of benzene rings is 1. The molecule has 0 saturated carbocycles. The molecule has 3 N–H and O–H groups in total. The maximum Gasteiger partial charge on any atom is 0.321 e. The highest BCUT2D eigenvalue weighted by molar-refractivity contribution is 5.76. The van der Waals surface area contributed by atoms with Gasteiger partial charge in [0.05, 0.1) is 11.5 Å². The molecule has 1 aromatic carbocycles. The van der Waals surface area contributed by atoms with Gasteiger partial charge >= 0.3 is 11.9 Å². The number of nitrogens with one attached hydrogen (secondary N) is 1. The Kier molecular flexibility index (Phi) is 4.95. The molecule has 0 fully saturated rings. The predicted molar refractivity (Wildman–Crippen MR) is 63.9 cm³/mol. The number of hydrogen-bond donors (Lipinski definition) is 3. The zero-order valence-electron chi connectivity index (χ0n) is 9.78. The summed E-state index contributed by atoms with van der Waals surface area (Å²) in [6.45, 7) is -0.494. The van der Waals surface area contributed by atoms with Crippen LogP contribution in [0.25, 0.3) is 0 Å². The Bertz CT molecular complexity index is 502. The lowest BCUT2D eigenvalue weighted by Crippen LogP contribution is -2.41. The third kappa shape index (κ3) is 4.72. The topological polar surface area (TPSA) is 130 Å². The average molecular weight is 268 g/mol. The van der Waals surface area contributed by atoms with E-state index >= 15 is 0 Å². The van der Waals surface area contributed by atoms with Crippen LogP contribution in [0.3, 0.4) is 0 Å². The van der Waals surface area contributed by atoms with Crippen LogP contribution in [0.5, 0.6) is 0 Å². The largest absolute Gasteiger partial charge is 0.480 e. The van der Waals surface area contributed by atoms with Crippen molar-refractivity contribution in [1.82, 2.24) is 5.32 Å². The van der Waals surface area contributed by atoms with Gasteiger partial charge in [-0.3, -0.25) is 25.0 Å². The van der Waals surface area contributed by atoms with Crippen LogP contribution in [0.4, 0.5) is 5.69 Å². The number of non-ortho nitro benzene ring substituents is 1. The standard InChI is InChI=1S/C11H12N2O6/c14-10(15)6-12-9(11(16)17)5-7-2-1-3-8(4-7)13(18)19/h1-4,9,12H,5-6H2,(H,14,15)(H,16,17). The van der Waals surface area contributed by atoms with Crippen molar-refractivity contribution in [1.29, 1.82) is 0 Å². The summed E-state index contributed by atoms with van der Waals surface area (Å²) < 4.78 is 0. The number of rotatable bonds is 7. The minimum absolute atomic E-state index is 0.0374. The zero-order chi connectivity index (χ0) is 14.4. The first-order valence-corrected chi connectivity index (χ1v) is 5.31. The lowest BCUT2D eigenvalue weighted by atomic mass is 10.1. The van der Waals surface area contributed by atoms with E-state index in [2.05, 4.69) is 5.32 Å². The SMILES string of the molecule is O=C(O)CNC(Cc1cccc([N+](=O)[O-])c1)C(=O)O. The van der Waals surface area contributed by atoms with Gasteiger partial charge in [-0.2, -0.15) is 0 Å². The van der Waals surface area contributed by atoms with E-state index in [4.69, 9.17) is 10.2 Å². The van der Waals surface area contributed by atoms with Crippen LogP contribution in [-0.4, -0.2) is 39.7 Å². The van der Waals surface area contributed by atoms with Crippen molar-refractivity contribution in [3.8, 4) is 0 Å². The van der Waals surface area contributed by atoms with Crippen molar-refractivity contribution >= 4 is 17.6 Å². The molecule has 0 aliphatic rings. The highest BCUT2D eigenvalue weighted by Crippen LogP contribution is 2.14. The van der Waals surface area contributed by atoms with E-state index in [1.54, 1.807) is 6.07 Å². The molecule has 8 nitrogen and oxygen atoms in total. The molecule has 0 bridgehead atoms. The molecular formula is C11H12N2O6. The summed E-state index contributed by atoms with van der Waals surface area (Å²) in [6.07, 6.45) is -0.0374. The van der Waals surface area contributed by atoms with Gasteiger partial charge in [0.1, 0.15) is 6.04 Å². The normalized spacial score (nSPS) is 11.8. The van der Waals surface area contributed by atoms with E-state index in [1.165, 1.54) is 18.2 Å². The van der Waals surface area contributed by atoms with E-state index in [0.29, 0.717) is 5.56 Å². The van der Waals surface area contributed by atoms with Gasteiger partial charge in [-0.05, 0) is 12.0 Å². The van der Waals surface area contributed by atoms with Gasteiger partial charge in [-0.1, -0.05) is 12.1 Å². The van der Waals surface area contributed by atoms with E-state index in [-0.39, 0.29) is 12.1 Å². The average Bonchev–Trinajstić information content (AvgIpc) is 2.34. The Morgan fingerprint density at radius 2 is 2.05 bits per heavy atom. The van der Waals surface area contributed by atoms with Gasteiger partial charge in [0.25, 0.3) is 5.69 Å². The van der Waals surface area contributed by atoms with Gasteiger partial charge in [-0.15, -0.1) is 0 Å². The Balaban J connectivity index is 2.78. The van der Waals surface area contributed by atoms with E-state index in [9.17, 15) is 19.7 Å². The van der Waals surface area contributed by atoms with Crippen LogP contribution >= 0.6 is 0 Å². The monoisotopic (exact) mass is 268 g/mol. The lowest BCUT2D eigenvalue weighted by Gasteiger charge is -2.12. The fraction of sp³-hybridized carbons (Fsp3) is 0.273. The molecule has 0 heterocycles. The molecule has 0 spiro atoms. The second-order valence-electron chi connectivity index (χ2n) is 3.80. The first-order valence-electron chi connectivity index (χ1n) is 5.31. The number of hydrogen-bond acceptors (Lipinski definition) is 5. The molecule has 1 atom stereocenters. The number of aliphatic carboxylic acids is 2. The summed E-state index contributed by atoms with van der Waals surface area (Å²) >= 11 is 0. The van der Waals surface area contributed by atoms with Crippen molar-refractivity contribution in [3.05, 3.63) is 39.9 Å². The minimum atomic E-state index is -1.22. The van der Waals surface area contributed by atoms with Gasteiger partial charge in [0.2, 0.25) is 0 Å². The van der Waals surface area contributed by atoms with Gasteiger partial charge in [0.15, 0.2) is 0 Å². The highest BCUT2D eigenvalue weighted by Gasteiger charge is 2.19. The fourth-order valence-electron chi connectivity index (χ4n) is 1.49. The summed E-state index contributed by atoms with van der Waals surface area (Å²) in [5.74, 6) is -2.39. The van der Waals surface area contributed by atoms with Crippen molar-refractivity contribution in [2.24, 2.45) is 0 Å². The second kappa shape index (κ2) is 6.45. The second-order valence-corrected chi connectivity index (χ2v) is 3.80. The van der Waals surface area contributed by atoms with Gasteiger partial charge in [-0.25, -0.2) is 0 Å². The molecule has 8 heteroatoms. The molecule has 0 aliphatic carbocycles. The molecule has 1 unspecified atom stereocenters. The number of nitro groups is 1. The zero-order valence-corrected chi connectivity index (χ0v) is 9.78. The molecule has 102 valence electrons. The third-order valence-corrected chi connectivity index (χ3v) is 2.36. The highest BCUT2D eigenvalue weighted by atomic mass is 16.6. The molecule has 0 amide bonds. The number of carbonyl (C=O) groups is 2. The summed E-state index contributed by atoms with van der Waals surface area (Å²) in [7, 11) is 0. The smallest absolute Gasteiger partial charge is 0.321 e. The van der Waals surface area contributed by atoms with Crippen LogP contribution in [0.1, 0.15) is 5.56 Å². The quantitative estimate of drug-likeness (QED) is 0.477. The summed E-state index contributed by atoms with van der Waals surface area (Å²) in [6, 6.07) is 4.44. The predicted octanol–water partition coefficient (Wildman–Crippen LogP) is 0.265. The number of nitro benzene ring substituents is 1. The van der Waals surface area contributed by atoms with Crippen LogP contribution < -0.4 is 5.32 Å². The first kappa shape index (κ1) is 14.6. The molecule has 0 aliphatic heterocycles. The molecule has 0 saturated heterocycles. The molecule has 19 heavy (non-hydrogen) atoms. The molecular weight excluding hydrogens is 256 g/mol. The molecule has 1 aromatic rings. The Morgan fingerprint density at radius 1 is 1.37 bits per heavy atom. The fourth-order valence-corrected chi connectivity index (χ4v) is 1.49. The lowest BCUT2D eigenvalue weighted by molar-refractivity contribution is -0.384. The molecule has 0 radical (unpaired) electrons. The Morgan fingerprint density at radius 3 is 2.58 bits per heavy atom. The maximum atomic E-state index is 10.9. The van der Waals surface area contributed by atoms with E-state index in [0.717, 1.165) is 0 Å². The van der Waals surface area contributed by atoms with Crippen molar-refractivity contribution < 1.29 is 24.7 Å². The number of carboxylic acids is 2. The van der Waals surface area contributed by atoms with Gasteiger partial charge in [0, 0.05) is 12.1 Å². The van der Waals surface area contributed by atoms with Crippen molar-refractivity contribution in [2.75, 3.05) is 6.54 Å². The van der Waals surface area contributed by atoms with E-state index < -0.39 is 29.4 Å². The third-order valence-electron chi connectivity index (χ3n) is 2.36. The Hall–Kier alpha value is -2.48. The summed E-state index contributed by atoms with van der Waals surface area (Å²) in [4.78, 5) is 31.3. The first-order chi connectivity index (χ1) is 8.90. The number of carboxylic acid groups (broad SMARTS) is 2. The maximum absolute atomic E-state index is 10.9. The van der Waals surface area contributed by atoms with E-state index in [1.807, 2.05) is 0 Å². The van der Waals surface area contributed by atoms with Crippen LogP contribution in [0.15, 0.2) is 24.3 Å². The van der Waals surface area contributed by atoms with Crippen LogP contribution in [0.2, 0.25) is 0 Å². The van der Waals surface area contributed by atoms with Crippen LogP contribution in [0, 0.1) is 10.1 Å². The van der Waals surface area contributed by atoms with Crippen molar-refractivity contribution in [3.63, 3.8) is 0 Å². The van der Waals surface area contributed by atoms with Crippen molar-refractivity contribution in [2.45, 2.75) is 12.5 Å². The van der Waals surface area contributed by atoms with Crippen LogP contribution in [-0.2, 0) is 16.0 Å².